The first-order valence-electron chi connectivity index (χ1n) is 12.5. The Balaban J connectivity index is 1.58. The SMILES string of the molecule is CCOC(=O)[C@H]1CCCN(C(=O)Cc2csc(NC(=O)CN(CC(C)C)C(=O)c3ccc(Cl)cc3Cl)n2)C1. The van der Waals surface area contributed by atoms with Gasteiger partial charge in [0.1, 0.15) is 6.54 Å². The van der Waals surface area contributed by atoms with E-state index in [4.69, 9.17) is 27.9 Å². The van der Waals surface area contributed by atoms with Crippen LogP contribution in [0.4, 0.5) is 5.13 Å². The Morgan fingerprint density at radius 2 is 2.03 bits per heavy atom. The number of thiazole rings is 1. The van der Waals surface area contributed by atoms with Crippen molar-refractivity contribution in [1.29, 1.82) is 0 Å². The van der Waals surface area contributed by atoms with Crippen molar-refractivity contribution in [3.8, 4) is 0 Å². The van der Waals surface area contributed by atoms with Gasteiger partial charge in [-0.2, -0.15) is 0 Å². The van der Waals surface area contributed by atoms with E-state index in [0.717, 1.165) is 6.42 Å². The molecule has 12 heteroatoms. The topological polar surface area (TPSA) is 109 Å². The second-order valence-electron chi connectivity index (χ2n) is 9.50. The molecule has 0 unspecified atom stereocenters. The molecule has 3 rings (SSSR count). The molecule has 0 bridgehead atoms. The maximum Gasteiger partial charge on any atom is 0.310 e. The molecule has 1 atom stereocenters. The molecule has 1 N–H and O–H groups in total. The van der Waals surface area contributed by atoms with Crippen LogP contribution in [0.1, 0.15) is 49.7 Å². The number of hydrogen-bond donors (Lipinski definition) is 1. The first kappa shape index (κ1) is 29.9. The predicted molar refractivity (Wildman–Crippen MR) is 148 cm³/mol. The largest absolute Gasteiger partial charge is 0.466 e. The quantitative estimate of drug-likeness (QED) is 0.412. The number of nitrogens with zero attached hydrogens (tertiary/aromatic N) is 3. The first-order chi connectivity index (χ1) is 18.1. The number of likely N-dealkylation sites (tertiary alicyclic amines) is 1. The second-order valence-corrected chi connectivity index (χ2v) is 11.2. The molecule has 0 aliphatic carbocycles. The van der Waals surface area contributed by atoms with E-state index in [-0.39, 0.29) is 53.2 Å². The van der Waals surface area contributed by atoms with E-state index in [9.17, 15) is 19.2 Å². The van der Waals surface area contributed by atoms with Crippen LogP contribution in [-0.4, -0.2) is 71.3 Å². The molecule has 38 heavy (non-hydrogen) atoms. The third-order valence-corrected chi connectivity index (χ3v) is 7.25. The molecule has 2 heterocycles. The molecule has 0 saturated carbocycles. The van der Waals surface area contributed by atoms with Gasteiger partial charge in [-0.25, -0.2) is 4.98 Å². The highest BCUT2D eigenvalue weighted by atomic mass is 35.5. The van der Waals surface area contributed by atoms with E-state index in [0.29, 0.717) is 48.5 Å². The van der Waals surface area contributed by atoms with Crippen LogP contribution >= 0.6 is 34.5 Å². The predicted octanol–water partition coefficient (Wildman–Crippen LogP) is 4.53. The smallest absolute Gasteiger partial charge is 0.310 e. The average molecular weight is 584 g/mol. The van der Waals surface area contributed by atoms with E-state index >= 15 is 0 Å². The van der Waals surface area contributed by atoms with E-state index in [2.05, 4.69) is 10.3 Å². The zero-order valence-corrected chi connectivity index (χ0v) is 24.0. The van der Waals surface area contributed by atoms with Crippen LogP contribution in [0.3, 0.4) is 0 Å². The van der Waals surface area contributed by atoms with Gasteiger partial charge in [-0.15, -0.1) is 11.3 Å². The van der Waals surface area contributed by atoms with Crippen LogP contribution in [0.2, 0.25) is 10.0 Å². The number of rotatable bonds is 10. The Morgan fingerprint density at radius 1 is 1.26 bits per heavy atom. The van der Waals surface area contributed by atoms with E-state index in [1.807, 2.05) is 13.8 Å². The minimum atomic E-state index is -0.412. The maximum atomic E-state index is 13.1. The molecule has 9 nitrogen and oxygen atoms in total. The lowest BCUT2D eigenvalue weighted by atomic mass is 9.98. The maximum absolute atomic E-state index is 13.1. The van der Waals surface area contributed by atoms with Crippen molar-refractivity contribution in [2.75, 3.05) is 38.1 Å². The summed E-state index contributed by atoms with van der Waals surface area (Å²) in [6, 6.07) is 4.61. The molecular formula is C26H32Cl2N4O5S. The number of amides is 3. The van der Waals surface area contributed by atoms with Crippen LogP contribution in [-0.2, 0) is 25.5 Å². The fourth-order valence-corrected chi connectivity index (χ4v) is 5.41. The lowest BCUT2D eigenvalue weighted by molar-refractivity contribution is -0.151. The first-order valence-corrected chi connectivity index (χ1v) is 14.1. The van der Waals surface area contributed by atoms with E-state index in [1.54, 1.807) is 29.3 Å². The zero-order chi connectivity index (χ0) is 27.8. The van der Waals surface area contributed by atoms with Gasteiger partial charge in [-0.1, -0.05) is 37.0 Å². The fraction of sp³-hybridized carbons (Fsp3) is 0.500. The highest BCUT2D eigenvalue weighted by Gasteiger charge is 2.29. The molecule has 2 aromatic rings. The zero-order valence-electron chi connectivity index (χ0n) is 21.7. The summed E-state index contributed by atoms with van der Waals surface area (Å²) in [4.78, 5) is 58.3. The summed E-state index contributed by atoms with van der Waals surface area (Å²) < 4.78 is 5.10. The summed E-state index contributed by atoms with van der Waals surface area (Å²) in [5.74, 6) is -1.37. The highest BCUT2D eigenvalue weighted by Crippen LogP contribution is 2.24. The highest BCUT2D eigenvalue weighted by molar-refractivity contribution is 7.13. The summed E-state index contributed by atoms with van der Waals surface area (Å²) in [7, 11) is 0. The van der Waals surface area contributed by atoms with Crippen molar-refractivity contribution >= 4 is 63.4 Å². The van der Waals surface area contributed by atoms with Gasteiger partial charge >= 0.3 is 5.97 Å². The van der Waals surface area contributed by atoms with Crippen molar-refractivity contribution in [3.05, 3.63) is 44.9 Å². The number of ether oxygens (including phenoxy) is 1. The number of halogens is 2. The molecule has 1 aliphatic rings. The molecule has 1 aromatic carbocycles. The monoisotopic (exact) mass is 582 g/mol. The molecule has 0 radical (unpaired) electrons. The molecule has 206 valence electrons. The Bertz CT molecular complexity index is 1170. The van der Waals surface area contributed by atoms with Gasteiger partial charge in [0.05, 0.1) is 35.2 Å². The van der Waals surface area contributed by atoms with Gasteiger partial charge in [0.2, 0.25) is 11.8 Å². The van der Waals surface area contributed by atoms with Crippen LogP contribution in [0, 0.1) is 11.8 Å². The second kappa shape index (κ2) is 13.9. The number of hydrogen-bond acceptors (Lipinski definition) is 7. The Morgan fingerprint density at radius 3 is 2.71 bits per heavy atom. The number of aromatic nitrogens is 1. The van der Waals surface area contributed by atoms with Crippen molar-refractivity contribution in [2.24, 2.45) is 11.8 Å². The van der Waals surface area contributed by atoms with Crippen LogP contribution < -0.4 is 5.32 Å². The summed E-state index contributed by atoms with van der Waals surface area (Å²) >= 11 is 13.4. The Hall–Kier alpha value is -2.69. The number of carbonyl (C=O) groups excluding carboxylic acids is 4. The Labute approximate surface area is 236 Å². The van der Waals surface area contributed by atoms with Crippen LogP contribution in [0.25, 0.3) is 0 Å². The van der Waals surface area contributed by atoms with E-state index < -0.39 is 5.91 Å². The van der Waals surface area contributed by atoms with Crippen LogP contribution in [0.5, 0.6) is 0 Å². The molecule has 1 saturated heterocycles. The van der Waals surface area contributed by atoms with Gasteiger partial charge in [0.15, 0.2) is 5.13 Å². The number of piperidine rings is 1. The number of carbonyl (C=O) groups is 4. The van der Waals surface area contributed by atoms with E-state index in [1.165, 1.54) is 22.3 Å². The summed E-state index contributed by atoms with van der Waals surface area (Å²) in [6.07, 6.45) is 1.51. The van der Waals surface area contributed by atoms with Gasteiger partial charge < -0.3 is 19.9 Å². The molecular weight excluding hydrogens is 551 g/mol. The lowest BCUT2D eigenvalue weighted by Crippen LogP contribution is -2.43. The summed E-state index contributed by atoms with van der Waals surface area (Å²) in [5.41, 5.74) is 0.791. The fourth-order valence-electron chi connectivity index (χ4n) is 4.19. The van der Waals surface area contributed by atoms with Crippen molar-refractivity contribution in [1.82, 2.24) is 14.8 Å². The lowest BCUT2D eigenvalue weighted by Gasteiger charge is -2.31. The normalized spacial score (nSPS) is 15.3. The van der Waals surface area contributed by atoms with Gasteiger partial charge in [-0.05, 0) is 43.9 Å². The summed E-state index contributed by atoms with van der Waals surface area (Å²) in [6.45, 7) is 7.05. The minimum Gasteiger partial charge on any atom is -0.466 e. The molecule has 1 fully saturated rings. The van der Waals surface area contributed by atoms with Crippen molar-refractivity contribution in [3.63, 3.8) is 0 Å². The third-order valence-electron chi connectivity index (χ3n) is 5.89. The molecule has 1 aliphatic heterocycles. The van der Waals surface area contributed by atoms with Crippen molar-refractivity contribution < 1.29 is 23.9 Å². The standard InChI is InChI=1S/C26H32Cl2N4O5S/c1-4-37-25(36)17-6-5-9-31(13-17)23(34)11-19-15-38-26(29-19)30-22(33)14-32(12-16(2)3)24(35)20-8-7-18(27)10-21(20)28/h7-8,10,15-17H,4-6,9,11-14H2,1-3H3,(H,29,30,33)/t17-/m0/s1. The number of benzene rings is 1. The average Bonchev–Trinajstić information content (AvgIpc) is 3.29. The molecule has 0 spiro atoms. The van der Waals surface area contributed by atoms with Crippen molar-refractivity contribution in [2.45, 2.75) is 40.0 Å². The third kappa shape index (κ3) is 8.41. The number of esters is 1. The number of anilines is 1. The van der Waals surface area contributed by atoms with Gasteiger partial charge in [0.25, 0.3) is 5.91 Å². The van der Waals surface area contributed by atoms with Gasteiger partial charge in [-0.3, -0.25) is 19.2 Å². The number of nitrogens with one attached hydrogen (secondary N) is 1. The summed E-state index contributed by atoms with van der Waals surface area (Å²) in [5, 5.41) is 5.40. The van der Waals surface area contributed by atoms with Gasteiger partial charge in [0, 0.05) is 30.0 Å². The minimum absolute atomic E-state index is 0.0644. The molecule has 3 amide bonds. The molecule has 1 aromatic heterocycles. The van der Waals surface area contributed by atoms with Crippen LogP contribution in [0.15, 0.2) is 23.6 Å². The Kier molecular flexibility index (Phi) is 10.9.